The van der Waals surface area contributed by atoms with Crippen molar-refractivity contribution in [3.05, 3.63) is 0 Å². The molecule has 6 heteroatoms. The number of hydrogen-bond donors (Lipinski definition) is 0. The van der Waals surface area contributed by atoms with Crippen LogP contribution in [-0.4, -0.2) is 48.1 Å². The summed E-state index contributed by atoms with van der Waals surface area (Å²) >= 11 is 5.86. The van der Waals surface area contributed by atoms with E-state index >= 15 is 0 Å². The summed E-state index contributed by atoms with van der Waals surface area (Å²) in [7, 11) is -3.29. The first-order chi connectivity index (χ1) is 8.07. The Bertz CT molecular complexity index is 352. The van der Waals surface area contributed by atoms with Gasteiger partial charge in [-0.1, -0.05) is 6.42 Å². The minimum Gasteiger partial charge on any atom is -0.195 e. The van der Waals surface area contributed by atoms with E-state index in [1.54, 1.807) is 8.61 Å². The summed E-state index contributed by atoms with van der Waals surface area (Å²) in [5.41, 5.74) is 0. The van der Waals surface area contributed by atoms with Crippen molar-refractivity contribution >= 4 is 21.8 Å². The van der Waals surface area contributed by atoms with Crippen LogP contribution in [0.3, 0.4) is 0 Å². The van der Waals surface area contributed by atoms with E-state index in [-0.39, 0.29) is 12.1 Å². The summed E-state index contributed by atoms with van der Waals surface area (Å²) < 4.78 is 28.4. The van der Waals surface area contributed by atoms with E-state index in [2.05, 4.69) is 0 Å². The van der Waals surface area contributed by atoms with Crippen LogP contribution in [0, 0.1) is 0 Å². The van der Waals surface area contributed by atoms with Crippen molar-refractivity contribution < 1.29 is 8.42 Å². The Labute approximate surface area is 109 Å². The molecule has 0 N–H and O–H groups in total. The third-order valence-electron chi connectivity index (χ3n) is 3.84. The Morgan fingerprint density at radius 3 is 2.47 bits per heavy atom. The van der Waals surface area contributed by atoms with Crippen LogP contribution in [-0.2, 0) is 10.2 Å². The van der Waals surface area contributed by atoms with Gasteiger partial charge in [-0.15, -0.1) is 11.6 Å². The quantitative estimate of drug-likeness (QED) is 0.740. The number of hydrogen-bond acceptors (Lipinski definition) is 2. The Balaban J connectivity index is 2.17. The molecule has 2 heterocycles. The van der Waals surface area contributed by atoms with Crippen LogP contribution in [0.15, 0.2) is 0 Å². The zero-order chi connectivity index (χ0) is 12.5. The fraction of sp³-hybridized carbons (Fsp3) is 1.00. The van der Waals surface area contributed by atoms with Crippen molar-refractivity contribution in [1.29, 1.82) is 0 Å². The second-order valence-electron chi connectivity index (χ2n) is 5.02. The lowest BCUT2D eigenvalue weighted by Crippen LogP contribution is -2.51. The van der Waals surface area contributed by atoms with Gasteiger partial charge in [0.1, 0.15) is 0 Å². The highest BCUT2D eigenvalue weighted by molar-refractivity contribution is 7.86. The lowest BCUT2D eigenvalue weighted by molar-refractivity contribution is 0.243. The Morgan fingerprint density at radius 2 is 1.82 bits per heavy atom. The highest BCUT2D eigenvalue weighted by Crippen LogP contribution is 2.28. The number of alkyl halides is 1. The van der Waals surface area contributed by atoms with E-state index in [1.807, 2.05) is 6.92 Å². The topological polar surface area (TPSA) is 40.6 Å². The molecule has 0 spiro atoms. The molecule has 2 aliphatic rings. The van der Waals surface area contributed by atoms with E-state index in [0.29, 0.717) is 19.0 Å². The molecule has 0 amide bonds. The largest absolute Gasteiger partial charge is 0.282 e. The van der Waals surface area contributed by atoms with Crippen LogP contribution >= 0.6 is 11.6 Å². The second-order valence-corrected chi connectivity index (χ2v) is 7.17. The van der Waals surface area contributed by atoms with Crippen LogP contribution in [0.2, 0.25) is 0 Å². The van der Waals surface area contributed by atoms with Crippen LogP contribution in [0.4, 0.5) is 0 Å². The molecule has 0 aliphatic carbocycles. The van der Waals surface area contributed by atoms with E-state index in [4.69, 9.17) is 11.6 Å². The maximum Gasteiger partial charge on any atom is 0.282 e. The summed E-state index contributed by atoms with van der Waals surface area (Å²) in [5, 5.41) is 0. The predicted molar refractivity (Wildman–Crippen MR) is 69.4 cm³/mol. The lowest BCUT2D eigenvalue weighted by Gasteiger charge is -2.36. The third-order valence-corrected chi connectivity index (χ3v) is 6.40. The minimum atomic E-state index is -3.29. The molecule has 100 valence electrons. The van der Waals surface area contributed by atoms with Gasteiger partial charge in [0.25, 0.3) is 10.2 Å². The van der Waals surface area contributed by atoms with Crippen LogP contribution in [0.25, 0.3) is 0 Å². The molecule has 0 aromatic carbocycles. The first-order valence-corrected chi connectivity index (χ1v) is 8.35. The van der Waals surface area contributed by atoms with Crippen LogP contribution < -0.4 is 0 Å². The van der Waals surface area contributed by atoms with E-state index in [0.717, 1.165) is 32.1 Å². The summed E-state index contributed by atoms with van der Waals surface area (Å²) in [6, 6.07) is 0.126. The Morgan fingerprint density at radius 1 is 1.12 bits per heavy atom. The molecule has 2 aliphatic heterocycles. The second kappa shape index (κ2) is 5.43. The van der Waals surface area contributed by atoms with Crippen molar-refractivity contribution in [3.63, 3.8) is 0 Å². The molecular weight excluding hydrogens is 260 g/mol. The monoisotopic (exact) mass is 280 g/mol. The molecule has 2 saturated heterocycles. The maximum absolute atomic E-state index is 12.6. The average molecular weight is 281 g/mol. The van der Waals surface area contributed by atoms with Gasteiger partial charge in [-0.25, -0.2) is 0 Å². The smallest absolute Gasteiger partial charge is 0.195 e. The van der Waals surface area contributed by atoms with Gasteiger partial charge in [0, 0.05) is 31.1 Å². The first kappa shape index (κ1) is 13.6. The molecule has 0 saturated carbocycles. The number of nitrogens with zero attached hydrogens (tertiary/aromatic N) is 2. The van der Waals surface area contributed by atoms with E-state index < -0.39 is 10.2 Å². The summed E-state index contributed by atoms with van der Waals surface area (Å²) in [4.78, 5) is 0. The third kappa shape index (κ3) is 2.62. The number of piperidine rings is 1. The standard InChI is InChI=1S/C11H21ClN2O2S/c1-10-5-2-3-7-13(10)17(15,16)14-8-4-6-11(14)9-12/h10-11H,2-9H2,1H3. The summed E-state index contributed by atoms with van der Waals surface area (Å²) in [5.74, 6) is 0.404. The zero-order valence-electron chi connectivity index (χ0n) is 10.3. The normalized spacial score (nSPS) is 33.1. The number of rotatable bonds is 3. The van der Waals surface area contributed by atoms with Gasteiger partial charge in [-0.05, 0) is 32.6 Å². The van der Waals surface area contributed by atoms with E-state index in [9.17, 15) is 8.42 Å². The lowest BCUT2D eigenvalue weighted by atomic mass is 10.1. The predicted octanol–water partition coefficient (Wildman–Crippen LogP) is 1.81. The maximum atomic E-state index is 12.6. The molecular formula is C11H21ClN2O2S. The van der Waals surface area contributed by atoms with Crippen molar-refractivity contribution in [3.8, 4) is 0 Å². The summed E-state index contributed by atoms with van der Waals surface area (Å²) in [6.45, 7) is 3.29. The van der Waals surface area contributed by atoms with Crippen molar-refractivity contribution in [2.45, 2.75) is 51.1 Å². The van der Waals surface area contributed by atoms with Crippen molar-refractivity contribution in [2.75, 3.05) is 19.0 Å². The SMILES string of the molecule is CC1CCCCN1S(=O)(=O)N1CCCC1CCl. The molecule has 0 aromatic rings. The molecule has 2 rings (SSSR count). The molecule has 2 fully saturated rings. The molecule has 0 aromatic heterocycles. The molecule has 0 radical (unpaired) electrons. The van der Waals surface area contributed by atoms with Gasteiger partial charge < -0.3 is 0 Å². The minimum absolute atomic E-state index is 0.00390. The molecule has 0 bridgehead atoms. The van der Waals surface area contributed by atoms with Gasteiger partial charge in [0.15, 0.2) is 0 Å². The van der Waals surface area contributed by atoms with Crippen LogP contribution in [0.1, 0.15) is 39.0 Å². The average Bonchev–Trinajstić information content (AvgIpc) is 2.78. The molecule has 4 nitrogen and oxygen atoms in total. The van der Waals surface area contributed by atoms with Gasteiger partial charge >= 0.3 is 0 Å². The van der Waals surface area contributed by atoms with E-state index in [1.165, 1.54) is 0 Å². The molecule has 17 heavy (non-hydrogen) atoms. The van der Waals surface area contributed by atoms with Gasteiger partial charge in [-0.3, -0.25) is 0 Å². The Kier molecular flexibility index (Phi) is 4.34. The molecule has 2 unspecified atom stereocenters. The highest BCUT2D eigenvalue weighted by Gasteiger charge is 2.40. The summed E-state index contributed by atoms with van der Waals surface area (Å²) in [6.07, 6.45) is 4.90. The van der Waals surface area contributed by atoms with Crippen molar-refractivity contribution in [1.82, 2.24) is 8.61 Å². The fourth-order valence-corrected chi connectivity index (χ4v) is 5.33. The first-order valence-electron chi connectivity index (χ1n) is 6.42. The fourth-order valence-electron chi connectivity index (χ4n) is 2.82. The number of halogens is 1. The Hall–Kier alpha value is 0.160. The van der Waals surface area contributed by atoms with Crippen LogP contribution in [0.5, 0.6) is 0 Å². The zero-order valence-corrected chi connectivity index (χ0v) is 11.9. The van der Waals surface area contributed by atoms with Gasteiger partial charge in [-0.2, -0.15) is 17.0 Å². The highest BCUT2D eigenvalue weighted by atomic mass is 35.5. The van der Waals surface area contributed by atoms with Gasteiger partial charge in [0.2, 0.25) is 0 Å². The van der Waals surface area contributed by atoms with Gasteiger partial charge in [0.05, 0.1) is 0 Å². The van der Waals surface area contributed by atoms with Crippen molar-refractivity contribution in [2.24, 2.45) is 0 Å². The molecule has 2 atom stereocenters.